The zero-order chi connectivity index (χ0) is 21.3. The maximum atomic E-state index is 13.2. The van der Waals surface area contributed by atoms with Gasteiger partial charge in [-0.15, -0.1) is 0 Å². The third-order valence-electron chi connectivity index (χ3n) is 6.00. The second-order valence-corrected chi connectivity index (χ2v) is 8.18. The van der Waals surface area contributed by atoms with Gasteiger partial charge in [0.25, 0.3) is 5.91 Å². The molecule has 0 spiro atoms. The van der Waals surface area contributed by atoms with E-state index in [1.165, 1.54) is 18.2 Å². The normalized spacial score (nSPS) is 21.8. The van der Waals surface area contributed by atoms with E-state index in [0.717, 1.165) is 24.5 Å². The van der Waals surface area contributed by atoms with Crippen LogP contribution in [0.1, 0.15) is 76.4 Å². The molecule has 2 saturated carbocycles. The zero-order valence-electron chi connectivity index (χ0n) is 16.4. The maximum absolute atomic E-state index is 13.2. The third kappa shape index (κ3) is 4.55. The molecule has 0 aliphatic heterocycles. The van der Waals surface area contributed by atoms with Crippen LogP contribution in [0.3, 0.4) is 0 Å². The summed E-state index contributed by atoms with van der Waals surface area (Å²) in [5.74, 6) is -0.797. The van der Waals surface area contributed by atoms with Gasteiger partial charge in [-0.25, -0.2) is 0 Å². The molecule has 4 rings (SSSR count). The molecule has 4 nitrogen and oxygen atoms in total. The largest absolute Gasteiger partial charge is 0.417 e. The lowest BCUT2D eigenvalue weighted by Crippen LogP contribution is -2.26. The van der Waals surface area contributed by atoms with Crippen molar-refractivity contribution in [1.82, 2.24) is 10.3 Å². The summed E-state index contributed by atoms with van der Waals surface area (Å²) in [6, 6.07) is 8.88. The van der Waals surface area contributed by atoms with Crippen LogP contribution in [0, 0.1) is 5.92 Å². The first-order valence-electron chi connectivity index (χ1n) is 10.3. The Labute approximate surface area is 172 Å². The average Bonchev–Trinajstić information content (AvgIpc) is 3.57. The smallest absolute Gasteiger partial charge is 0.348 e. The molecule has 7 heteroatoms. The van der Waals surface area contributed by atoms with Gasteiger partial charge in [0.15, 0.2) is 5.78 Å². The number of nitrogens with zero attached hydrogens (tertiary/aromatic N) is 1. The van der Waals surface area contributed by atoms with E-state index in [1.54, 1.807) is 12.3 Å². The highest BCUT2D eigenvalue weighted by atomic mass is 19.4. The first-order chi connectivity index (χ1) is 14.3. The number of hydrogen-bond acceptors (Lipinski definition) is 3. The number of carbonyl (C=O) groups is 2. The molecule has 2 fully saturated rings. The number of pyridine rings is 1. The molecule has 2 aromatic rings. The van der Waals surface area contributed by atoms with Crippen LogP contribution in [-0.4, -0.2) is 22.7 Å². The number of nitrogens with one attached hydrogen (secondary N) is 1. The number of alkyl halides is 3. The van der Waals surface area contributed by atoms with Crippen molar-refractivity contribution < 1.29 is 22.8 Å². The van der Waals surface area contributed by atoms with Crippen LogP contribution in [0.5, 0.6) is 0 Å². The average molecular weight is 416 g/mol. The third-order valence-corrected chi connectivity index (χ3v) is 6.00. The molecule has 0 atom stereocenters. The predicted molar refractivity (Wildman–Crippen MR) is 105 cm³/mol. The highest BCUT2D eigenvalue weighted by Crippen LogP contribution is 2.39. The molecule has 1 aromatic heterocycles. The van der Waals surface area contributed by atoms with Gasteiger partial charge in [0.05, 0.1) is 5.56 Å². The predicted octanol–water partition coefficient (Wildman–Crippen LogP) is 5.15. The van der Waals surface area contributed by atoms with Gasteiger partial charge < -0.3 is 5.32 Å². The number of Topliss-reactive ketones (excluding diaryl/α,β-unsaturated/α-hetero) is 1. The Balaban J connectivity index is 1.38. The van der Waals surface area contributed by atoms with E-state index in [4.69, 9.17) is 0 Å². The summed E-state index contributed by atoms with van der Waals surface area (Å²) in [5.41, 5.74) is 0.292. The summed E-state index contributed by atoms with van der Waals surface area (Å²) in [6.45, 7) is 0. The van der Waals surface area contributed by atoms with Crippen LogP contribution in [0.15, 0.2) is 42.6 Å². The topological polar surface area (TPSA) is 59.1 Å². The Morgan fingerprint density at radius 1 is 0.933 bits per heavy atom. The second kappa shape index (κ2) is 8.20. The van der Waals surface area contributed by atoms with Crippen molar-refractivity contribution in [1.29, 1.82) is 0 Å². The minimum Gasteiger partial charge on any atom is -0.348 e. The second-order valence-electron chi connectivity index (χ2n) is 8.18. The number of ketones is 1. The Morgan fingerprint density at radius 3 is 2.23 bits per heavy atom. The van der Waals surface area contributed by atoms with Crippen molar-refractivity contribution in [3.05, 3.63) is 65.0 Å². The Morgan fingerprint density at radius 2 is 1.63 bits per heavy atom. The summed E-state index contributed by atoms with van der Waals surface area (Å²) in [4.78, 5) is 29.1. The van der Waals surface area contributed by atoms with Gasteiger partial charge in [-0.1, -0.05) is 24.3 Å². The number of carbonyl (C=O) groups excluding carboxylic acids is 2. The highest BCUT2D eigenvalue weighted by Gasteiger charge is 2.37. The summed E-state index contributed by atoms with van der Waals surface area (Å²) >= 11 is 0. The molecule has 158 valence electrons. The number of benzene rings is 1. The van der Waals surface area contributed by atoms with Gasteiger partial charge in [-0.2, -0.15) is 13.2 Å². The summed E-state index contributed by atoms with van der Waals surface area (Å²) in [6.07, 6.45) is 1.69. The fraction of sp³-hybridized carbons (Fsp3) is 0.435. The van der Waals surface area contributed by atoms with Crippen molar-refractivity contribution in [3.63, 3.8) is 0 Å². The first-order valence-corrected chi connectivity index (χ1v) is 10.3. The van der Waals surface area contributed by atoms with Crippen molar-refractivity contribution in [3.8, 4) is 0 Å². The van der Waals surface area contributed by atoms with Crippen molar-refractivity contribution in [2.75, 3.05) is 0 Å². The van der Waals surface area contributed by atoms with E-state index in [0.29, 0.717) is 31.4 Å². The van der Waals surface area contributed by atoms with E-state index in [2.05, 4.69) is 10.3 Å². The minimum atomic E-state index is -4.54. The summed E-state index contributed by atoms with van der Waals surface area (Å²) in [7, 11) is 0. The molecule has 1 amide bonds. The van der Waals surface area contributed by atoms with E-state index in [-0.39, 0.29) is 23.4 Å². The minimum absolute atomic E-state index is 0.165. The van der Waals surface area contributed by atoms with Crippen molar-refractivity contribution in [2.45, 2.75) is 56.7 Å². The van der Waals surface area contributed by atoms with Gasteiger partial charge in [0.2, 0.25) is 0 Å². The molecule has 1 N–H and O–H groups in total. The highest BCUT2D eigenvalue weighted by molar-refractivity contribution is 5.99. The standard InChI is InChI=1S/C23H23F3N2O2/c24-23(25,26)19-4-2-1-3-18(19)21(29)15-7-5-14(6-8-15)16-9-12-20(27-13-16)22(30)28-17-10-11-17/h1-4,9,12-15,17H,5-8,10-11H2,(H,28,30). The first kappa shape index (κ1) is 20.6. The van der Waals surface area contributed by atoms with Gasteiger partial charge in [-0.05, 0) is 62.1 Å². The quantitative estimate of drug-likeness (QED) is 0.686. The number of amides is 1. The number of rotatable bonds is 5. The van der Waals surface area contributed by atoms with Gasteiger partial charge in [0, 0.05) is 23.7 Å². The lowest BCUT2D eigenvalue weighted by molar-refractivity contribution is -0.137. The molecule has 0 bridgehead atoms. The maximum Gasteiger partial charge on any atom is 0.417 e. The molecular weight excluding hydrogens is 393 g/mol. The summed E-state index contributed by atoms with van der Waals surface area (Å²) < 4.78 is 39.7. The molecule has 0 radical (unpaired) electrons. The van der Waals surface area contributed by atoms with Crippen LogP contribution in [0.4, 0.5) is 13.2 Å². The molecule has 1 aromatic carbocycles. The molecule has 0 unspecified atom stereocenters. The Hall–Kier alpha value is -2.70. The molecule has 1 heterocycles. The van der Waals surface area contributed by atoms with Crippen LogP contribution < -0.4 is 5.32 Å². The van der Waals surface area contributed by atoms with Crippen LogP contribution >= 0.6 is 0 Å². The van der Waals surface area contributed by atoms with Crippen LogP contribution in [-0.2, 0) is 6.18 Å². The Kier molecular flexibility index (Phi) is 5.62. The van der Waals surface area contributed by atoms with E-state index in [1.807, 2.05) is 6.07 Å². The monoisotopic (exact) mass is 416 g/mol. The van der Waals surface area contributed by atoms with Gasteiger partial charge in [-0.3, -0.25) is 14.6 Å². The molecule has 2 aliphatic carbocycles. The lowest BCUT2D eigenvalue weighted by Gasteiger charge is -2.28. The van der Waals surface area contributed by atoms with E-state index < -0.39 is 23.4 Å². The summed E-state index contributed by atoms with van der Waals surface area (Å²) in [5, 5.41) is 2.90. The molecule has 30 heavy (non-hydrogen) atoms. The van der Waals surface area contributed by atoms with Crippen molar-refractivity contribution in [2.24, 2.45) is 5.92 Å². The molecule has 2 aliphatic rings. The number of halogens is 3. The molecule has 0 saturated heterocycles. The van der Waals surface area contributed by atoms with Gasteiger partial charge in [0.1, 0.15) is 5.69 Å². The van der Waals surface area contributed by atoms with Gasteiger partial charge >= 0.3 is 6.18 Å². The lowest BCUT2D eigenvalue weighted by atomic mass is 9.76. The number of aromatic nitrogens is 1. The van der Waals surface area contributed by atoms with E-state index >= 15 is 0 Å². The fourth-order valence-electron chi connectivity index (χ4n) is 4.12. The van der Waals surface area contributed by atoms with E-state index in [9.17, 15) is 22.8 Å². The Bertz CT molecular complexity index is 928. The van der Waals surface area contributed by atoms with Crippen LogP contribution in [0.25, 0.3) is 0 Å². The molecular formula is C23H23F3N2O2. The zero-order valence-corrected chi connectivity index (χ0v) is 16.4. The van der Waals surface area contributed by atoms with Crippen LogP contribution in [0.2, 0.25) is 0 Å². The fourth-order valence-corrected chi connectivity index (χ4v) is 4.12. The SMILES string of the molecule is O=C(NC1CC1)c1ccc(C2CCC(C(=O)c3ccccc3C(F)(F)F)CC2)cn1. The number of hydrogen-bond donors (Lipinski definition) is 1. The van der Waals surface area contributed by atoms with Crippen molar-refractivity contribution >= 4 is 11.7 Å².